The maximum Gasteiger partial charge on any atom is 0.342 e. The average molecular weight is 496 g/mol. The molecule has 1 heterocycles. The van der Waals surface area contributed by atoms with Crippen LogP contribution < -0.4 is 0 Å². The maximum atomic E-state index is 12.8. The first kappa shape index (κ1) is 29.9. The first-order valence-corrected chi connectivity index (χ1v) is 11.6. The van der Waals surface area contributed by atoms with E-state index in [0.717, 1.165) is 37.6 Å². The second-order valence-electron chi connectivity index (χ2n) is 6.80. The van der Waals surface area contributed by atoms with Crippen LogP contribution in [0.25, 0.3) is 11.0 Å². The Balaban J connectivity index is 0.00000450. The highest BCUT2D eigenvalue weighted by atomic mass is 35.5. The Labute approximate surface area is 202 Å². The summed E-state index contributed by atoms with van der Waals surface area (Å²) in [5.74, 6) is 1.84. The number of fused-ring (bicyclic) bond motifs is 1. The smallest absolute Gasteiger partial charge is 0.342 e. The molecule has 6 nitrogen and oxygen atoms in total. The van der Waals surface area contributed by atoms with E-state index >= 15 is 0 Å². The number of phenolic OH excluding ortho intramolecular Hbond substituents is 1. The van der Waals surface area contributed by atoms with Gasteiger partial charge in [0.15, 0.2) is 0 Å². The van der Waals surface area contributed by atoms with Gasteiger partial charge in [-0.15, -0.1) is 36.6 Å². The number of carbonyl (C=O) groups is 1. The van der Waals surface area contributed by atoms with E-state index in [1.165, 1.54) is 0 Å². The van der Waals surface area contributed by atoms with E-state index in [0.29, 0.717) is 41.2 Å². The summed E-state index contributed by atoms with van der Waals surface area (Å²) in [5.41, 5.74) is 1.79. The van der Waals surface area contributed by atoms with Gasteiger partial charge >= 0.3 is 5.97 Å². The number of esters is 1. The Bertz CT molecular complexity index is 808. The monoisotopic (exact) mass is 494 g/mol. The third-order valence-corrected chi connectivity index (χ3v) is 6.18. The minimum atomic E-state index is -0.393. The molecule has 9 heteroatoms. The minimum Gasteiger partial charge on any atom is -0.508 e. The molecule has 178 valence electrons. The van der Waals surface area contributed by atoms with E-state index in [1.807, 2.05) is 0 Å². The van der Waals surface area contributed by atoms with Gasteiger partial charge in [-0.25, -0.2) is 4.79 Å². The van der Waals surface area contributed by atoms with E-state index in [-0.39, 0.29) is 30.6 Å². The fourth-order valence-electron chi connectivity index (χ4n) is 3.32. The molecule has 0 unspecified atom stereocenters. The SMILES string of the molecule is CCOC(=O)c1c(CSCN(CC)CC)oc2ccc(O)c(CN(CC)CC)c12.Cl.Cl. The zero-order valence-corrected chi connectivity index (χ0v) is 21.6. The van der Waals surface area contributed by atoms with E-state index in [2.05, 4.69) is 37.5 Å². The Morgan fingerprint density at radius 3 is 2.19 bits per heavy atom. The van der Waals surface area contributed by atoms with Crippen molar-refractivity contribution in [3.05, 3.63) is 29.0 Å². The summed E-state index contributed by atoms with van der Waals surface area (Å²) in [6.45, 7) is 14.7. The van der Waals surface area contributed by atoms with Crippen molar-refractivity contribution in [2.75, 3.05) is 38.7 Å². The Kier molecular flexibility index (Phi) is 14.3. The molecule has 0 saturated heterocycles. The van der Waals surface area contributed by atoms with Crippen molar-refractivity contribution in [2.24, 2.45) is 0 Å². The van der Waals surface area contributed by atoms with Gasteiger partial charge in [0.2, 0.25) is 0 Å². The number of benzene rings is 1. The molecule has 0 aliphatic carbocycles. The lowest BCUT2D eigenvalue weighted by atomic mass is 10.0. The molecule has 1 aromatic carbocycles. The molecule has 2 aromatic rings. The van der Waals surface area contributed by atoms with Gasteiger partial charge in [-0.3, -0.25) is 9.80 Å². The largest absolute Gasteiger partial charge is 0.508 e. The normalized spacial score (nSPS) is 10.9. The van der Waals surface area contributed by atoms with Crippen LogP contribution in [0.3, 0.4) is 0 Å². The standard InChI is InChI=1S/C22H34N2O4S.2ClH/c1-6-23(7-2)13-16-17(25)11-12-18-20(16)21(22(26)27-10-5)19(28-18)14-29-15-24(8-3)9-4;;/h11-12,25H,6-10,13-15H2,1-5H3;2*1H. The molecule has 0 radical (unpaired) electrons. The molecule has 31 heavy (non-hydrogen) atoms. The number of ether oxygens (including phenoxy) is 1. The summed E-state index contributed by atoms with van der Waals surface area (Å²) < 4.78 is 11.4. The van der Waals surface area contributed by atoms with Crippen molar-refractivity contribution in [3.8, 4) is 5.75 Å². The molecule has 1 aromatic heterocycles. The second-order valence-corrected chi connectivity index (χ2v) is 7.75. The van der Waals surface area contributed by atoms with Crippen LogP contribution in [0, 0.1) is 0 Å². The number of furan rings is 1. The number of thioether (sulfide) groups is 1. The zero-order chi connectivity index (χ0) is 21.4. The molecular weight excluding hydrogens is 459 g/mol. The molecule has 2 rings (SSSR count). The van der Waals surface area contributed by atoms with Crippen LogP contribution >= 0.6 is 36.6 Å². The molecule has 0 bridgehead atoms. The van der Waals surface area contributed by atoms with E-state index < -0.39 is 5.97 Å². The van der Waals surface area contributed by atoms with Crippen LogP contribution in [0.2, 0.25) is 0 Å². The fourth-order valence-corrected chi connectivity index (χ4v) is 4.43. The van der Waals surface area contributed by atoms with E-state index in [9.17, 15) is 9.90 Å². The van der Waals surface area contributed by atoms with E-state index in [1.54, 1.807) is 30.8 Å². The van der Waals surface area contributed by atoms with Crippen molar-refractivity contribution in [2.45, 2.75) is 46.9 Å². The number of rotatable bonds is 12. The molecule has 0 saturated carbocycles. The summed E-state index contributed by atoms with van der Waals surface area (Å²) in [6.07, 6.45) is 0. The van der Waals surface area contributed by atoms with Crippen LogP contribution in [-0.4, -0.2) is 59.5 Å². The number of halogens is 2. The molecule has 0 aliphatic heterocycles. The summed E-state index contributed by atoms with van der Waals surface area (Å²) in [5, 5.41) is 11.2. The Hall–Kier alpha value is -1.12. The number of carbonyl (C=O) groups excluding carboxylic acids is 1. The average Bonchev–Trinajstić information content (AvgIpc) is 3.09. The van der Waals surface area contributed by atoms with Gasteiger partial charge in [0.05, 0.1) is 12.4 Å². The van der Waals surface area contributed by atoms with Crippen LogP contribution in [0.5, 0.6) is 5.75 Å². The molecule has 0 spiro atoms. The van der Waals surface area contributed by atoms with Crippen LogP contribution in [0.4, 0.5) is 0 Å². The quantitative estimate of drug-likeness (QED) is 0.307. The lowest BCUT2D eigenvalue weighted by Crippen LogP contribution is -2.22. The molecule has 0 aliphatic rings. The van der Waals surface area contributed by atoms with Gasteiger partial charge in [0.25, 0.3) is 0 Å². The van der Waals surface area contributed by atoms with Crippen LogP contribution in [0.1, 0.15) is 56.3 Å². The third-order valence-electron chi connectivity index (χ3n) is 5.17. The van der Waals surface area contributed by atoms with Gasteiger partial charge in [0.1, 0.15) is 22.7 Å². The van der Waals surface area contributed by atoms with Crippen molar-refractivity contribution in [1.82, 2.24) is 9.80 Å². The van der Waals surface area contributed by atoms with E-state index in [4.69, 9.17) is 9.15 Å². The lowest BCUT2D eigenvalue weighted by Gasteiger charge is -2.19. The molecular formula is C22H36Cl2N2O4S. The topological polar surface area (TPSA) is 66.1 Å². The number of hydrogen-bond donors (Lipinski definition) is 1. The zero-order valence-electron chi connectivity index (χ0n) is 19.1. The highest BCUT2D eigenvalue weighted by molar-refractivity contribution is 7.98. The van der Waals surface area contributed by atoms with Crippen LogP contribution in [0.15, 0.2) is 16.5 Å². The summed E-state index contributed by atoms with van der Waals surface area (Å²) in [6, 6.07) is 3.38. The highest BCUT2D eigenvalue weighted by Gasteiger charge is 2.26. The number of hydrogen-bond acceptors (Lipinski definition) is 7. The van der Waals surface area contributed by atoms with Gasteiger partial charge in [-0.05, 0) is 45.2 Å². The van der Waals surface area contributed by atoms with Crippen molar-refractivity contribution in [3.63, 3.8) is 0 Å². The number of phenols is 1. The number of aromatic hydroxyl groups is 1. The van der Waals surface area contributed by atoms with Gasteiger partial charge < -0.3 is 14.3 Å². The molecule has 1 N–H and O–H groups in total. The predicted molar refractivity (Wildman–Crippen MR) is 134 cm³/mol. The molecule has 0 amide bonds. The molecule has 0 atom stereocenters. The van der Waals surface area contributed by atoms with Gasteiger partial charge in [-0.1, -0.05) is 27.7 Å². The van der Waals surface area contributed by atoms with Gasteiger partial charge in [0, 0.05) is 23.4 Å². The second kappa shape index (κ2) is 14.9. The summed E-state index contributed by atoms with van der Waals surface area (Å²) >= 11 is 1.71. The minimum absolute atomic E-state index is 0. The summed E-state index contributed by atoms with van der Waals surface area (Å²) in [7, 11) is 0. The Morgan fingerprint density at radius 2 is 1.65 bits per heavy atom. The number of nitrogens with zero attached hydrogens (tertiary/aromatic N) is 2. The first-order valence-electron chi connectivity index (χ1n) is 10.5. The first-order chi connectivity index (χ1) is 14.0. The van der Waals surface area contributed by atoms with Crippen LogP contribution in [-0.2, 0) is 17.0 Å². The fraction of sp³-hybridized carbons (Fsp3) is 0.591. The third kappa shape index (κ3) is 7.46. The highest BCUT2D eigenvalue weighted by Crippen LogP contribution is 2.36. The maximum absolute atomic E-state index is 12.8. The predicted octanol–water partition coefficient (Wildman–Crippen LogP) is 5.53. The molecule has 0 fully saturated rings. The summed E-state index contributed by atoms with van der Waals surface area (Å²) in [4.78, 5) is 17.4. The van der Waals surface area contributed by atoms with Crippen molar-refractivity contribution < 1.29 is 19.1 Å². The van der Waals surface area contributed by atoms with Crippen molar-refractivity contribution >= 4 is 53.5 Å². The van der Waals surface area contributed by atoms with Gasteiger partial charge in [-0.2, -0.15) is 0 Å². The van der Waals surface area contributed by atoms with Crippen molar-refractivity contribution in [1.29, 1.82) is 0 Å². The Morgan fingerprint density at radius 1 is 1.03 bits per heavy atom. The lowest BCUT2D eigenvalue weighted by molar-refractivity contribution is 0.0526.